The van der Waals surface area contributed by atoms with Crippen LogP contribution >= 0.6 is 0 Å². The number of amides is 1. The Morgan fingerprint density at radius 3 is 2.84 bits per heavy atom. The first kappa shape index (κ1) is 15.4. The Morgan fingerprint density at radius 1 is 1.47 bits per heavy atom. The second-order valence-corrected chi connectivity index (χ2v) is 4.31. The summed E-state index contributed by atoms with van der Waals surface area (Å²) in [4.78, 5) is 11.7. The van der Waals surface area contributed by atoms with Crippen LogP contribution in [0.15, 0.2) is 18.2 Å². The van der Waals surface area contributed by atoms with Gasteiger partial charge in [0, 0.05) is 26.3 Å². The molecule has 1 rings (SSSR count). The summed E-state index contributed by atoms with van der Waals surface area (Å²) >= 11 is 0. The summed E-state index contributed by atoms with van der Waals surface area (Å²) in [6, 6.07) is 4.55. The van der Waals surface area contributed by atoms with E-state index in [1.807, 2.05) is 0 Å². The highest BCUT2D eigenvalue weighted by Crippen LogP contribution is 2.17. The Balaban J connectivity index is 2.42. The number of aryl methyl sites for hydroxylation is 1. The Morgan fingerprint density at radius 2 is 2.21 bits per heavy atom. The molecule has 0 fully saturated rings. The van der Waals surface area contributed by atoms with Gasteiger partial charge in [-0.3, -0.25) is 4.79 Å². The maximum absolute atomic E-state index is 13.3. The van der Waals surface area contributed by atoms with Gasteiger partial charge in [0.05, 0.1) is 0 Å². The second kappa shape index (κ2) is 7.74. The standard InChI is InChI=1S/C14H20FNO3/c1-10-5-6-12(9-13(10)15)19-11(2)14(17)16-7-4-8-18-3/h5-6,9,11H,4,7-8H2,1-3H3,(H,16,17). The van der Waals surface area contributed by atoms with Gasteiger partial charge in [-0.05, 0) is 31.9 Å². The van der Waals surface area contributed by atoms with Gasteiger partial charge in [-0.15, -0.1) is 0 Å². The van der Waals surface area contributed by atoms with Crippen molar-refractivity contribution in [3.05, 3.63) is 29.6 Å². The lowest BCUT2D eigenvalue weighted by atomic mass is 10.2. The van der Waals surface area contributed by atoms with Gasteiger partial charge in [0.2, 0.25) is 0 Å². The molecule has 0 saturated heterocycles. The number of benzene rings is 1. The predicted molar refractivity (Wildman–Crippen MR) is 70.7 cm³/mol. The van der Waals surface area contributed by atoms with Gasteiger partial charge in [0.15, 0.2) is 6.10 Å². The molecule has 106 valence electrons. The molecule has 0 saturated carbocycles. The third-order valence-corrected chi connectivity index (χ3v) is 2.65. The van der Waals surface area contributed by atoms with Gasteiger partial charge in [-0.1, -0.05) is 6.07 Å². The van der Waals surface area contributed by atoms with E-state index in [0.717, 1.165) is 6.42 Å². The van der Waals surface area contributed by atoms with Crippen molar-refractivity contribution < 1.29 is 18.7 Å². The fourth-order valence-corrected chi connectivity index (χ4v) is 1.48. The highest BCUT2D eigenvalue weighted by molar-refractivity contribution is 5.80. The van der Waals surface area contributed by atoms with Gasteiger partial charge < -0.3 is 14.8 Å². The summed E-state index contributed by atoms with van der Waals surface area (Å²) in [5.41, 5.74) is 0.545. The molecule has 0 bridgehead atoms. The highest BCUT2D eigenvalue weighted by atomic mass is 19.1. The molecule has 1 atom stereocenters. The molecule has 1 N–H and O–H groups in total. The molecule has 0 aliphatic rings. The van der Waals surface area contributed by atoms with Crippen LogP contribution in [0.5, 0.6) is 5.75 Å². The van der Waals surface area contributed by atoms with Crippen molar-refractivity contribution in [2.24, 2.45) is 0 Å². The van der Waals surface area contributed by atoms with Crippen molar-refractivity contribution >= 4 is 5.91 Å². The van der Waals surface area contributed by atoms with Crippen LogP contribution in [-0.2, 0) is 9.53 Å². The average molecular weight is 269 g/mol. The van der Waals surface area contributed by atoms with Crippen LogP contribution < -0.4 is 10.1 Å². The van der Waals surface area contributed by atoms with E-state index in [1.54, 1.807) is 33.1 Å². The number of carbonyl (C=O) groups excluding carboxylic acids is 1. The van der Waals surface area contributed by atoms with Gasteiger partial charge >= 0.3 is 0 Å². The lowest BCUT2D eigenvalue weighted by molar-refractivity contribution is -0.127. The number of methoxy groups -OCH3 is 1. The molecule has 1 unspecified atom stereocenters. The van der Waals surface area contributed by atoms with Crippen molar-refractivity contribution in [3.63, 3.8) is 0 Å². The fourth-order valence-electron chi connectivity index (χ4n) is 1.48. The minimum Gasteiger partial charge on any atom is -0.481 e. The smallest absolute Gasteiger partial charge is 0.260 e. The summed E-state index contributed by atoms with van der Waals surface area (Å²) < 4.78 is 23.6. The van der Waals surface area contributed by atoms with Crippen LogP contribution in [0.3, 0.4) is 0 Å². The van der Waals surface area contributed by atoms with Crippen molar-refractivity contribution in [2.75, 3.05) is 20.3 Å². The molecule has 5 heteroatoms. The van der Waals surface area contributed by atoms with Crippen molar-refractivity contribution in [1.29, 1.82) is 0 Å². The Bertz CT molecular complexity index is 423. The maximum atomic E-state index is 13.3. The van der Waals surface area contributed by atoms with Crippen molar-refractivity contribution in [3.8, 4) is 5.75 Å². The summed E-state index contributed by atoms with van der Waals surface area (Å²) in [5.74, 6) is -0.218. The number of rotatable bonds is 7. The molecule has 0 aromatic heterocycles. The molecule has 0 spiro atoms. The largest absolute Gasteiger partial charge is 0.481 e. The van der Waals surface area contributed by atoms with Gasteiger partial charge in [0.1, 0.15) is 11.6 Å². The third-order valence-electron chi connectivity index (χ3n) is 2.65. The van der Waals surface area contributed by atoms with Gasteiger partial charge in [0.25, 0.3) is 5.91 Å². The minimum absolute atomic E-state index is 0.225. The number of halogens is 1. The lowest BCUT2D eigenvalue weighted by Crippen LogP contribution is -2.37. The first-order valence-corrected chi connectivity index (χ1v) is 6.24. The second-order valence-electron chi connectivity index (χ2n) is 4.31. The highest BCUT2D eigenvalue weighted by Gasteiger charge is 2.14. The molecular formula is C14H20FNO3. The minimum atomic E-state index is -0.662. The molecule has 1 amide bonds. The molecule has 19 heavy (non-hydrogen) atoms. The average Bonchev–Trinajstić information content (AvgIpc) is 2.38. The monoisotopic (exact) mass is 269 g/mol. The van der Waals surface area contributed by atoms with E-state index in [4.69, 9.17) is 9.47 Å². The number of ether oxygens (including phenoxy) is 2. The van der Waals surface area contributed by atoms with E-state index in [2.05, 4.69) is 5.32 Å². The van der Waals surface area contributed by atoms with Gasteiger partial charge in [-0.2, -0.15) is 0 Å². The first-order chi connectivity index (χ1) is 9.04. The summed E-state index contributed by atoms with van der Waals surface area (Å²) in [6.07, 6.45) is 0.0818. The van der Waals surface area contributed by atoms with Crippen LogP contribution in [-0.4, -0.2) is 32.3 Å². The molecule has 0 radical (unpaired) electrons. The van der Waals surface area contributed by atoms with Crippen molar-refractivity contribution in [2.45, 2.75) is 26.4 Å². The topological polar surface area (TPSA) is 47.6 Å². The Kier molecular flexibility index (Phi) is 6.29. The van der Waals surface area contributed by atoms with Crippen molar-refractivity contribution in [1.82, 2.24) is 5.32 Å². The fraction of sp³-hybridized carbons (Fsp3) is 0.500. The SMILES string of the molecule is COCCCNC(=O)C(C)Oc1ccc(C)c(F)c1. The molecule has 0 aliphatic carbocycles. The first-order valence-electron chi connectivity index (χ1n) is 6.24. The zero-order valence-corrected chi connectivity index (χ0v) is 11.5. The molecule has 1 aromatic rings. The molecule has 0 heterocycles. The summed E-state index contributed by atoms with van der Waals surface area (Å²) in [5, 5.41) is 2.73. The van der Waals surface area contributed by atoms with Crippen LogP contribution in [0.1, 0.15) is 18.9 Å². The molecule has 1 aromatic carbocycles. The number of nitrogens with one attached hydrogen (secondary N) is 1. The van der Waals surface area contributed by atoms with Crippen LogP contribution in [0.2, 0.25) is 0 Å². The molecular weight excluding hydrogens is 249 g/mol. The third kappa shape index (κ3) is 5.26. The normalized spacial score (nSPS) is 12.0. The predicted octanol–water partition coefficient (Wildman–Crippen LogP) is 2.05. The van der Waals surface area contributed by atoms with E-state index in [-0.39, 0.29) is 11.7 Å². The van der Waals surface area contributed by atoms with Crippen LogP contribution in [0.25, 0.3) is 0 Å². The number of hydrogen-bond acceptors (Lipinski definition) is 3. The molecule has 4 nitrogen and oxygen atoms in total. The van der Waals surface area contributed by atoms with Crippen LogP contribution in [0, 0.1) is 12.7 Å². The Labute approximate surface area is 112 Å². The lowest BCUT2D eigenvalue weighted by Gasteiger charge is -2.15. The van der Waals surface area contributed by atoms with E-state index < -0.39 is 6.10 Å². The van der Waals surface area contributed by atoms with E-state index in [1.165, 1.54) is 6.07 Å². The summed E-state index contributed by atoms with van der Waals surface area (Å²) in [6.45, 7) is 4.43. The number of carbonyl (C=O) groups is 1. The number of hydrogen-bond donors (Lipinski definition) is 1. The quantitative estimate of drug-likeness (QED) is 0.771. The molecule has 0 aliphatic heterocycles. The van der Waals surface area contributed by atoms with E-state index in [0.29, 0.717) is 24.5 Å². The van der Waals surface area contributed by atoms with Crippen LogP contribution in [0.4, 0.5) is 4.39 Å². The van der Waals surface area contributed by atoms with E-state index >= 15 is 0 Å². The van der Waals surface area contributed by atoms with E-state index in [9.17, 15) is 9.18 Å². The maximum Gasteiger partial charge on any atom is 0.260 e. The summed E-state index contributed by atoms with van der Waals surface area (Å²) in [7, 11) is 1.61. The zero-order chi connectivity index (χ0) is 14.3. The van der Waals surface area contributed by atoms with Gasteiger partial charge in [-0.25, -0.2) is 4.39 Å². The zero-order valence-electron chi connectivity index (χ0n) is 11.5. The Hall–Kier alpha value is -1.62.